The van der Waals surface area contributed by atoms with Crippen LogP contribution in [-0.4, -0.2) is 67.5 Å². The van der Waals surface area contributed by atoms with Gasteiger partial charge in [-0.05, 0) is 39.5 Å². The predicted molar refractivity (Wildman–Crippen MR) is 101 cm³/mol. The van der Waals surface area contributed by atoms with Crippen molar-refractivity contribution in [1.29, 1.82) is 0 Å². The predicted octanol–water partition coefficient (Wildman–Crippen LogP) is 1.88. The van der Waals surface area contributed by atoms with E-state index in [1.807, 2.05) is 0 Å². The SMILES string of the molecule is CC1(C)CN(C2(CN=C(N)NCC3CCCO3)CCCCC2)CCO1. The Morgan fingerprint density at radius 1 is 1.20 bits per heavy atom. The molecule has 0 bridgehead atoms. The maximum Gasteiger partial charge on any atom is 0.188 e. The Kier molecular flexibility index (Phi) is 6.23. The molecule has 1 aliphatic carbocycles. The molecule has 25 heavy (non-hydrogen) atoms. The molecule has 0 radical (unpaired) electrons. The van der Waals surface area contributed by atoms with Crippen molar-refractivity contribution in [2.75, 3.05) is 39.4 Å². The molecular formula is C19H36N4O2. The van der Waals surface area contributed by atoms with Crippen LogP contribution in [0.5, 0.6) is 0 Å². The van der Waals surface area contributed by atoms with Gasteiger partial charge >= 0.3 is 0 Å². The number of hydrogen-bond acceptors (Lipinski definition) is 4. The van der Waals surface area contributed by atoms with Crippen LogP contribution in [0.25, 0.3) is 0 Å². The van der Waals surface area contributed by atoms with Crippen LogP contribution in [0.2, 0.25) is 0 Å². The second kappa shape index (κ2) is 8.23. The molecule has 1 atom stereocenters. The molecule has 2 heterocycles. The molecule has 0 spiro atoms. The van der Waals surface area contributed by atoms with Crippen molar-refractivity contribution in [2.24, 2.45) is 10.7 Å². The van der Waals surface area contributed by atoms with Crippen LogP contribution >= 0.6 is 0 Å². The first-order valence-electron chi connectivity index (χ1n) is 10.0. The van der Waals surface area contributed by atoms with Crippen molar-refractivity contribution in [2.45, 2.75) is 76.0 Å². The summed E-state index contributed by atoms with van der Waals surface area (Å²) in [6, 6.07) is 0. The third kappa shape index (κ3) is 5.08. The minimum Gasteiger partial charge on any atom is -0.376 e. The van der Waals surface area contributed by atoms with Gasteiger partial charge in [0, 0.05) is 31.8 Å². The normalized spacial score (nSPS) is 30.3. The lowest BCUT2D eigenvalue weighted by atomic mass is 9.79. The Balaban J connectivity index is 1.60. The number of guanidine groups is 1. The van der Waals surface area contributed by atoms with Crippen molar-refractivity contribution in [3.05, 3.63) is 0 Å². The standard InChI is InChI=1S/C19H36N4O2/c1-18(2)15-23(10-12-25-18)19(8-4-3-5-9-19)14-22-17(20)21-13-16-7-6-11-24-16/h16H,3-15H2,1-2H3,(H3,20,21,22). The lowest BCUT2D eigenvalue weighted by molar-refractivity contribution is -0.121. The summed E-state index contributed by atoms with van der Waals surface area (Å²) in [5.41, 5.74) is 6.23. The zero-order valence-corrected chi connectivity index (χ0v) is 16.1. The average Bonchev–Trinajstić information content (AvgIpc) is 3.12. The molecule has 3 fully saturated rings. The van der Waals surface area contributed by atoms with E-state index in [0.717, 1.165) is 52.2 Å². The first kappa shape index (κ1) is 18.9. The molecule has 0 aromatic rings. The first-order valence-corrected chi connectivity index (χ1v) is 10.0. The number of hydrogen-bond donors (Lipinski definition) is 2. The van der Waals surface area contributed by atoms with Crippen LogP contribution in [0.4, 0.5) is 0 Å². The summed E-state index contributed by atoms with van der Waals surface area (Å²) < 4.78 is 11.6. The Bertz CT molecular complexity index is 454. The van der Waals surface area contributed by atoms with Gasteiger partial charge in [0.25, 0.3) is 0 Å². The van der Waals surface area contributed by atoms with Gasteiger partial charge < -0.3 is 20.5 Å². The topological polar surface area (TPSA) is 72.1 Å². The summed E-state index contributed by atoms with van der Waals surface area (Å²) in [6.45, 7) is 9.60. The van der Waals surface area contributed by atoms with E-state index in [9.17, 15) is 0 Å². The van der Waals surface area contributed by atoms with E-state index in [1.54, 1.807) is 0 Å². The fourth-order valence-electron chi connectivity index (χ4n) is 4.52. The number of ether oxygens (including phenoxy) is 2. The summed E-state index contributed by atoms with van der Waals surface area (Å²) in [7, 11) is 0. The van der Waals surface area contributed by atoms with Crippen LogP contribution in [-0.2, 0) is 9.47 Å². The van der Waals surface area contributed by atoms with Crippen LogP contribution < -0.4 is 11.1 Å². The third-order valence-corrected chi connectivity index (χ3v) is 5.96. The monoisotopic (exact) mass is 352 g/mol. The number of nitrogens with one attached hydrogen (secondary N) is 1. The Morgan fingerprint density at radius 3 is 2.68 bits per heavy atom. The van der Waals surface area contributed by atoms with E-state index in [4.69, 9.17) is 20.2 Å². The van der Waals surface area contributed by atoms with Gasteiger partial charge in [-0.15, -0.1) is 0 Å². The highest BCUT2D eigenvalue weighted by molar-refractivity contribution is 5.77. The molecule has 3 N–H and O–H groups in total. The molecule has 0 aromatic heterocycles. The third-order valence-electron chi connectivity index (χ3n) is 5.96. The minimum atomic E-state index is -0.0734. The summed E-state index contributed by atoms with van der Waals surface area (Å²) >= 11 is 0. The van der Waals surface area contributed by atoms with E-state index in [0.29, 0.717) is 5.96 Å². The zero-order valence-electron chi connectivity index (χ0n) is 16.1. The highest BCUT2D eigenvalue weighted by Crippen LogP contribution is 2.36. The van der Waals surface area contributed by atoms with Crippen molar-refractivity contribution in [1.82, 2.24) is 10.2 Å². The second-order valence-corrected chi connectivity index (χ2v) is 8.53. The average molecular weight is 353 g/mol. The Labute approximate surface area is 152 Å². The number of nitrogens with two attached hydrogens (primary N) is 1. The Morgan fingerprint density at radius 2 is 2.00 bits per heavy atom. The fraction of sp³-hybridized carbons (Fsp3) is 0.947. The molecular weight excluding hydrogens is 316 g/mol. The highest BCUT2D eigenvalue weighted by Gasteiger charge is 2.42. The van der Waals surface area contributed by atoms with Gasteiger partial charge in [-0.1, -0.05) is 19.3 Å². The van der Waals surface area contributed by atoms with Gasteiger partial charge in [0.15, 0.2) is 5.96 Å². The second-order valence-electron chi connectivity index (χ2n) is 8.53. The van der Waals surface area contributed by atoms with Gasteiger partial charge in [0.2, 0.25) is 0 Å². The summed E-state index contributed by atoms with van der Waals surface area (Å²) in [5, 5.41) is 3.26. The van der Waals surface area contributed by atoms with Crippen molar-refractivity contribution in [3.8, 4) is 0 Å². The molecule has 2 saturated heterocycles. The summed E-state index contributed by atoms with van der Waals surface area (Å²) in [5.74, 6) is 0.563. The lowest BCUT2D eigenvalue weighted by Crippen LogP contribution is -2.60. The maximum absolute atomic E-state index is 6.15. The largest absolute Gasteiger partial charge is 0.376 e. The van der Waals surface area contributed by atoms with Gasteiger partial charge in [-0.3, -0.25) is 9.89 Å². The highest BCUT2D eigenvalue weighted by atomic mass is 16.5. The first-order chi connectivity index (χ1) is 12.0. The van der Waals surface area contributed by atoms with Gasteiger partial charge in [-0.2, -0.15) is 0 Å². The Hall–Kier alpha value is -0.850. The molecule has 144 valence electrons. The van der Waals surface area contributed by atoms with Crippen molar-refractivity contribution in [3.63, 3.8) is 0 Å². The molecule has 6 heteroatoms. The molecule has 3 aliphatic rings. The summed E-state index contributed by atoms with van der Waals surface area (Å²) in [4.78, 5) is 7.38. The van der Waals surface area contributed by atoms with Crippen LogP contribution in [0.1, 0.15) is 58.8 Å². The summed E-state index contributed by atoms with van der Waals surface area (Å²) in [6.07, 6.45) is 8.90. The maximum atomic E-state index is 6.15. The van der Waals surface area contributed by atoms with Crippen LogP contribution in [0.15, 0.2) is 4.99 Å². The van der Waals surface area contributed by atoms with E-state index in [2.05, 4.69) is 24.1 Å². The number of morpholine rings is 1. The van der Waals surface area contributed by atoms with E-state index >= 15 is 0 Å². The van der Waals surface area contributed by atoms with Crippen LogP contribution in [0, 0.1) is 0 Å². The van der Waals surface area contributed by atoms with Gasteiger partial charge in [-0.25, -0.2) is 0 Å². The van der Waals surface area contributed by atoms with Gasteiger partial charge in [0.05, 0.1) is 24.9 Å². The van der Waals surface area contributed by atoms with E-state index < -0.39 is 0 Å². The zero-order chi connectivity index (χ0) is 17.8. The number of rotatable bonds is 5. The molecule has 6 nitrogen and oxygen atoms in total. The molecule has 2 aliphatic heterocycles. The van der Waals surface area contributed by atoms with Crippen molar-refractivity contribution >= 4 is 5.96 Å². The van der Waals surface area contributed by atoms with E-state index in [-0.39, 0.29) is 17.2 Å². The fourth-order valence-corrected chi connectivity index (χ4v) is 4.52. The number of aliphatic imine (C=N–C) groups is 1. The molecule has 0 aromatic carbocycles. The minimum absolute atomic E-state index is 0.0734. The van der Waals surface area contributed by atoms with Crippen molar-refractivity contribution < 1.29 is 9.47 Å². The molecule has 1 unspecified atom stereocenters. The molecule has 1 saturated carbocycles. The lowest BCUT2D eigenvalue weighted by Gasteiger charge is -2.51. The molecule has 0 amide bonds. The van der Waals surface area contributed by atoms with Crippen LogP contribution in [0.3, 0.4) is 0 Å². The van der Waals surface area contributed by atoms with Gasteiger partial charge in [0.1, 0.15) is 0 Å². The quantitative estimate of drug-likeness (QED) is 0.584. The smallest absolute Gasteiger partial charge is 0.188 e. The number of nitrogens with zero attached hydrogens (tertiary/aromatic N) is 2. The molecule has 3 rings (SSSR count). The van der Waals surface area contributed by atoms with E-state index in [1.165, 1.54) is 32.1 Å².